The zero-order chi connectivity index (χ0) is 7.14. The van der Waals surface area contributed by atoms with E-state index in [2.05, 4.69) is 0 Å². The topological polar surface area (TPSA) is 37.3 Å². The van der Waals surface area contributed by atoms with Crippen LogP contribution in [-0.4, -0.2) is 10.6 Å². The van der Waals surface area contributed by atoms with Crippen LogP contribution in [0.15, 0.2) is 0 Å². The van der Waals surface area contributed by atoms with E-state index < -0.39 is 8.03 Å². The molecule has 1 unspecified atom stereocenters. The van der Waals surface area contributed by atoms with Gasteiger partial charge in [-0.1, -0.05) is 0 Å². The van der Waals surface area contributed by atoms with E-state index in [9.17, 15) is 4.57 Å². The molecule has 0 aromatic heterocycles. The summed E-state index contributed by atoms with van der Waals surface area (Å²) in [4.78, 5) is 8.88. The lowest BCUT2D eigenvalue weighted by Crippen LogP contribution is -2.11. The molecule has 3 heteroatoms. The second kappa shape index (κ2) is 2.28. The van der Waals surface area contributed by atoms with Gasteiger partial charge in [0, 0.05) is 12.3 Å². The van der Waals surface area contributed by atoms with E-state index in [1.165, 1.54) is 19.3 Å². The SMILES string of the molecule is O=[P+](O)[C@H]1C[C@H]2CC[C@H]1C2. The molecule has 0 amide bonds. The fourth-order valence-electron chi connectivity index (χ4n) is 2.48. The van der Waals surface area contributed by atoms with Crippen molar-refractivity contribution < 1.29 is 9.46 Å². The Kier molecular flexibility index (Phi) is 1.54. The van der Waals surface area contributed by atoms with Crippen molar-refractivity contribution in [3.05, 3.63) is 0 Å². The van der Waals surface area contributed by atoms with Crippen LogP contribution in [0.1, 0.15) is 25.7 Å². The molecule has 0 aliphatic heterocycles. The summed E-state index contributed by atoms with van der Waals surface area (Å²) in [7, 11) is -1.87. The fourth-order valence-corrected chi connectivity index (χ4v) is 3.59. The van der Waals surface area contributed by atoms with E-state index in [-0.39, 0.29) is 5.66 Å². The molecule has 2 fully saturated rings. The van der Waals surface area contributed by atoms with Crippen LogP contribution in [0.2, 0.25) is 0 Å². The van der Waals surface area contributed by atoms with E-state index in [1.54, 1.807) is 0 Å². The van der Waals surface area contributed by atoms with Gasteiger partial charge in [0.05, 0.1) is 0 Å². The summed E-state index contributed by atoms with van der Waals surface area (Å²) in [5.41, 5.74) is 0.161. The van der Waals surface area contributed by atoms with Crippen LogP contribution in [0.4, 0.5) is 0 Å². The smallest absolute Gasteiger partial charge is 0.161 e. The van der Waals surface area contributed by atoms with Gasteiger partial charge in [-0.2, -0.15) is 4.89 Å². The van der Waals surface area contributed by atoms with Crippen LogP contribution in [-0.2, 0) is 4.57 Å². The predicted molar refractivity (Wildman–Crippen MR) is 39.1 cm³/mol. The first-order chi connectivity index (χ1) is 4.77. The molecule has 1 N–H and O–H groups in total. The Balaban J connectivity index is 2.08. The predicted octanol–water partition coefficient (Wildman–Crippen LogP) is 1.91. The van der Waals surface area contributed by atoms with Crippen molar-refractivity contribution in [3.63, 3.8) is 0 Å². The van der Waals surface area contributed by atoms with Gasteiger partial charge in [-0.25, -0.2) is 0 Å². The summed E-state index contributed by atoms with van der Waals surface area (Å²) in [5.74, 6) is 1.39. The minimum atomic E-state index is -1.87. The highest BCUT2D eigenvalue weighted by molar-refractivity contribution is 7.38. The third-order valence-corrected chi connectivity index (χ3v) is 4.18. The van der Waals surface area contributed by atoms with Crippen LogP contribution < -0.4 is 0 Å². The first-order valence-corrected chi connectivity index (χ1v) is 5.21. The fraction of sp³-hybridized carbons (Fsp3) is 1.00. The molecule has 2 bridgehead atoms. The van der Waals surface area contributed by atoms with Crippen LogP contribution in [0.25, 0.3) is 0 Å². The summed E-state index contributed by atoms with van der Waals surface area (Å²) >= 11 is 0. The second-order valence-corrected chi connectivity index (χ2v) is 4.81. The first-order valence-electron chi connectivity index (χ1n) is 3.92. The molecule has 2 aliphatic rings. The highest BCUT2D eigenvalue weighted by Gasteiger charge is 2.49. The van der Waals surface area contributed by atoms with Crippen molar-refractivity contribution >= 4 is 8.03 Å². The number of rotatable bonds is 1. The molecule has 0 spiro atoms. The molecular formula is C7H12O2P+. The molecule has 2 nitrogen and oxygen atoms in total. The maximum absolute atomic E-state index is 10.7. The van der Waals surface area contributed by atoms with Gasteiger partial charge in [0.25, 0.3) is 0 Å². The van der Waals surface area contributed by atoms with Gasteiger partial charge in [-0.05, 0) is 29.7 Å². The van der Waals surface area contributed by atoms with E-state index in [4.69, 9.17) is 4.89 Å². The highest BCUT2D eigenvalue weighted by atomic mass is 31.1. The minimum Gasteiger partial charge on any atom is -0.161 e. The van der Waals surface area contributed by atoms with Gasteiger partial charge in [-0.3, -0.25) is 0 Å². The molecule has 2 saturated carbocycles. The van der Waals surface area contributed by atoms with E-state index in [0.29, 0.717) is 5.92 Å². The molecule has 4 atom stereocenters. The largest absolute Gasteiger partial charge is 0.508 e. The molecule has 0 aromatic rings. The Morgan fingerprint density at radius 3 is 2.40 bits per heavy atom. The average molecular weight is 159 g/mol. The standard InChI is InChI=1S/C7H11O2P/c8-10(9)7-4-5-1-2-6(7)3-5/h5-7H,1-4H2/p+1/t5-,6-,7-/m0/s1. The lowest BCUT2D eigenvalue weighted by atomic mass is 10.0. The van der Waals surface area contributed by atoms with Gasteiger partial charge < -0.3 is 0 Å². The zero-order valence-corrected chi connectivity index (χ0v) is 6.76. The molecule has 10 heavy (non-hydrogen) atoms. The summed E-state index contributed by atoms with van der Waals surface area (Å²) in [6.07, 6.45) is 4.77. The van der Waals surface area contributed by atoms with Gasteiger partial charge in [0.2, 0.25) is 0 Å². The van der Waals surface area contributed by atoms with Crippen molar-refractivity contribution in [2.75, 3.05) is 0 Å². The van der Waals surface area contributed by atoms with E-state index >= 15 is 0 Å². The molecule has 2 rings (SSSR count). The molecule has 0 aromatic carbocycles. The number of hydrogen-bond donors (Lipinski definition) is 1. The molecule has 0 radical (unpaired) electrons. The lowest BCUT2D eigenvalue weighted by molar-refractivity contribution is 0.429. The van der Waals surface area contributed by atoms with Crippen molar-refractivity contribution in [2.24, 2.45) is 11.8 Å². The quantitative estimate of drug-likeness (QED) is 0.593. The molecule has 0 heterocycles. The molecule has 2 aliphatic carbocycles. The third kappa shape index (κ3) is 0.906. The maximum atomic E-state index is 10.7. The molecular weight excluding hydrogens is 147 g/mol. The Morgan fingerprint density at radius 2 is 2.10 bits per heavy atom. The Hall–Kier alpha value is 0.0600. The van der Waals surface area contributed by atoms with Crippen molar-refractivity contribution in [1.29, 1.82) is 0 Å². The summed E-state index contributed by atoms with van der Waals surface area (Å²) < 4.78 is 10.7. The Labute approximate surface area is 61.5 Å². The Morgan fingerprint density at radius 1 is 1.30 bits per heavy atom. The van der Waals surface area contributed by atoms with Crippen LogP contribution in [0.3, 0.4) is 0 Å². The maximum Gasteiger partial charge on any atom is 0.508 e. The zero-order valence-electron chi connectivity index (χ0n) is 5.86. The lowest BCUT2D eigenvalue weighted by Gasteiger charge is -2.09. The molecule has 56 valence electrons. The van der Waals surface area contributed by atoms with E-state index in [0.717, 1.165) is 12.3 Å². The third-order valence-electron chi connectivity index (χ3n) is 2.98. The normalized spacial score (nSPS) is 46.1. The van der Waals surface area contributed by atoms with Gasteiger partial charge >= 0.3 is 8.03 Å². The van der Waals surface area contributed by atoms with Crippen LogP contribution in [0, 0.1) is 11.8 Å². The van der Waals surface area contributed by atoms with Crippen molar-refractivity contribution in [2.45, 2.75) is 31.3 Å². The summed E-state index contributed by atoms with van der Waals surface area (Å²) in [5, 5.41) is 0. The van der Waals surface area contributed by atoms with Crippen molar-refractivity contribution in [1.82, 2.24) is 0 Å². The first kappa shape index (κ1) is 6.75. The monoisotopic (exact) mass is 159 g/mol. The minimum absolute atomic E-state index is 0.161. The second-order valence-electron chi connectivity index (χ2n) is 3.54. The summed E-state index contributed by atoms with van der Waals surface area (Å²) in [6.45, 7) is 0. The number of hydrogen-bond acceptors (Lipinski definition) is 1. The summed E-state index contributed by atoms with van der Waals surface area (Å²) in [6, 6.07) is 0. The number of fused-ring (bicyclic) bond motifs is 2. The van der Waals surface area contributed by atoms with Gasteiger partial charge in [0.1, 0.15) is 0 Å². The van der Waals surface area contributed by atoms with Crippen LogP contribution >= 0.6 is 8.03 Å². The van der Waals surface area contributed by atoms with Crippen LogP contribution in [0.5, 0.6) is 0 Å². The van der Waals surface area contributed by atoms with Gasteiger partial charge in [-0.15, -0.1) is 0 Å². The average Bonchev–Trinajstić information content (AvgIpc) is 2.44. The van der Waals surface area contributed by atoms with E-state index in [1.807, 2.05) is 0 Å². The van der Waals surface area contributed by atoms with Gasteiger partial charge in [0.15, 0.2) is 5.66 Å². The highest BCUT2D eigenvalue weighted by Crippen LogP contribution is 2.52. The Bertz CT molecular complexity index is 169. The molecule has 0 saturated heterocycles. The van der Waals surface area contributed by atoms with Crippen molar-refractivity contribution in [3.8, 4) is 0 Å².